The van der Waals surface area contributed by atoms with Gasteiger partial charge in [0.2, 0.25) is 5.91 Å². The zero-order valence-corrected chi connectivity index (χ0v) is 18.7. The Morgan fingerprint density at radius 2 is 1.94 bits per heavy atom. The molecule has 1 aliphatic carbocycles. The molecule has 8 heteroatoms. The molecular weight excluding hydrogens is 449 g/mol. The Kier molecular flexibility index (Phi) is 6.35. The summed E-state index contributed by atoms with van der Waals surface area (Å²) in [4.78, 5) is 24.3. The van der Waals surface area contributed by atoms with Gasteiger partial charge in [-0.15, -0.1) is 0 Å². The zero-order valence-electron chi connectivity index (χ0n) is 17.2. The van der Waals surface area contributed by atoms with Gasteiger partial charge in [-0.2, -0.15) is 5.10 Å². The van der Waals surface area contributed by atoms with E-state index in [0.29, 0.717) is 16.6 Å². The molecule has 0 saturated carbocycles. The molecule has 2 aromatic carbocycles. The topological polar surface area (TPSA) is 82.0 Å². The first-order chi connectivity index (χ1) is 15.3. The van der Waals surface area contributed by atoms with Crippen LogP contribution in [-0.4, -0.2) is 34.2 Å². The van der Waals surface area contributed by atoms with E-state index in [1.807, 2.05) is 42.3 Å². The number of fused-ring (bicyclic) bond motifs is 1. The van der Waals surface area contributed by atoms with E-state index in [9.17, 15) is 9.59 Å². The maximum Gasteiger partial charge on any atom is 0.335 e. The minimum atomic E-state index is -0.990. The molecule has 2 unspecified atom stereocenters. The molecule has 1 aliphatic heterocycles. The highest BCUT2D eigenvalue weighted by Gasteiger charge is 2.39. The number of hydrazone groups is 1. The van der Waals surface area contributed by atoms with Crippen LogP contribution in [0.1, 0.15) is 34.5 Å². The van der Waals surface area contributed by atoms with Crippen LogP contribution >= 0.6 is 23.2 Å². The largest absolute Gasteiger partial charge is 0.478 e. The number of carboxylic acids is 1. The van der Waals surface area contributed by atoms with Crippen molar-refractivity contribution in [2.45, 2.75) is 25.6 Å². The van der Waals surface area contributed by atoms with Crippen LogP contribution in [0, 0.1) is 5.92 Å². The van der Waals surface area contributed by atoms with Gasteiger partial charge in [0, 0.05) is 10.1 Å². The predicted molar refractivity (Wildman–Crippen MR) is 125 cm³/mol. The number of halogens is 2. The number of nitrogens with one attached hydrogen (secondary N) is 1. The summed E-state index contributed by atoms with van der Waals surface area (Å²) in [6, 6.07) is 13.4. The highest BCUT2D eigenvalue weighted by atomic mass is 35.5. The monoisotopic (exact) mass is 469 g/mol. The summed E-state index contributed by atoms with van der Waals surface area (Å²) in [5, 5.41) is 19.6. The van der Waals surface area contributed by atoms with Gasteiger partial charge >= 0.3 is 5.97 Å². The lowest BCUT2D eigenvalue weighted by Gasteiger charge is -2.32. The minimum absolute atomic E-state index is 0.185. The van der Waals surface area contributed by atoms with Crippen molar-refractivity contribution in [1.82, 2.24) is 10.3 Å². The molecule has 2 aromatic rings. The van der Waals surface area contributed by atoms with E-state index in [1.54, 1.807) is 24.4 Å². The summed E-state index contributed by atoms with van der Waals surface area (Å²) in [6.45, 7) is 2.36. The summed E-state index contributed by atoms with van der Waals surface area (Å²) in [6.07, 6.45) is 5.30. The van der Waals surface area contributed by atoms with Gasteiger partial charge in [-0.25, -0.2) is 4.79 Å². The van der Waals surface area contributed by atoms with Gasteiger partial charge < -0.3 is 10.4 Å². The maximum atomic E-state index is 13.3. The van der Waals surface area contributed by atoms with Crippen LogP contribution in [0.3, 0.4) is 0 Å². The third kappa shape index (κ3) is 4.71. The normalized spacial score (nSPS) is 20.3. The maximum absolute atomic E-state index is 13.3. The van der Waals surface area contributed by atoms with E-state index in [0.717, 1.165) is 16.7 Å². The summed E-state index contributed by atoms with van der Waals surface area (Å²) >= 11 is 12.4. The van der Waals surface area contributed by atoms with Gasteiger partial charge in [-0.05, 0) is 54.0 Å². The molecule has 164 valence electrons. The number of allylic oxidation sites excluding steroid dienone is 2. The standard InChI is InChI=1S/C24H21Cl2N3O3/c1-14(16-5-7-17(8-6-16)24(31)32)28-23(30)21-11-20(26)10-18-12-27-29(22(18)21)13-15-3-2-4-19(25)9-15/h2-12,14,21-22H,13H2,1H3,(H,28,30)(H,31,32)/t14-,21?,22?/m0/s1. The summed E-state index contributed by atoms with van der Waals surface area (Å²) < 4.78 is 0. The summed E-state index contributed by atoms with van der Waals surface area (Å²) in [7, 11) is 0. The predicted octanol–water partition coefficient (Wildman–Crippen LogP) is 4.76. The first kappa shape index (κ1) is 22.1. The molecule has 2 aliphatic rings. The Morgan fingerprint density at radius 1 is 1.19 bits per heavy atom. The molecule has 1 amide bonds. The molecule has 0 spiro atoms. The smallest absolute Gasteiger partial charge is 0.335 e. The number of hydrogen-bond donors (Lipinski definition) is 2. The molecular formula is C24H21Cl2N3O3. The lowest BCUT2D eigenvalue weighted by atomic mass is 9.87. The van der Waals surface area contributed by atoms with E-state index in [1.165, 1.54) is 12.1 Å². The number of amides is 1. The fourth-order valence-corrected chi connectivity index (χ4v) is 4.41. The number of aromatic carboxylic acids is 1. The quantitative estimate of drug-likeness (QED) is 0.638. The molecule has 4 rings (SSSR count). The van der Waals surface area contributed by atoms with Crippen molar-refractivity contribution in [2.24, 2.45) is 11.0 Å². The molecule has 32 heavy (non-hydrogen) atoms. The number of carbonyl (C=O) groups is 2. The molecule has 0 fully saturated rings. The Balaban J connectivity index is 1.51. The number of carbonyl (C=O) groups excluding carboxylic acids is 1. The zero-order chi connectivity index (χ0) is 22.8. The SMILES string of the molecule is C[C@H](NC(=O)C1C=C(Cl)C=C2C=NN(Cc3cccc(Cl)c3)C21)c1ccc(C(=O)O)cc1. The summed E-state index contributed by atoms with van der Waals surface area (Å²) in [5.41, 5.74) is 2.87. The van der Waals surface area contributed by atoms with Gasteiger partial charge in [-0.1, -0.05) is 53.5 Å². The van der Waals surface area contributed by atoms with Crippen LogP contribution < -0.4 is 5.32 Å². The Morgan fingerprint density at radius 3 is 2.62 bits per heavy atom. The summed E-state index contributed by atoms with van der Waals surface area (Å²) in [5.74, 6) is -1.71. The van der Waals surface area contributed by atoms with Gasteiger partial charge in [0.05, 0.1) is 36.3 Å². The highest BCUT2D eigenvalue weighted by molar-refractivity contribution is 6.32. The lowest BCUT2D eigenvalue weighted by molar-refractivity contribution is -0.125. The fourth-order valence-electron chi connectivity index (χ4n) is 3.93. The minimum Gasteiger partial charge on any atom is -0.478 e. The van der Waals surface area contributed by atoms with E-state index < -0.39 is 11.9 Å². The van der Waals surface area contributed by atoms with Crippen molar-refractivity contribution in [2.75, 3.05) is 0 Å². The van der Waals surface area contributed by atoms with Crippen molar-refractivity contribution in [1.29, 1.82) is 0 Å². The first-order valence-corrected chi connectivity index (χ1v) is 10.8. The van der Waals surface area contributed by atoms with Crippen molar-refractivity contribution >= 4 is 41.3 Å². The average Bonchev–Trinajstić information content (AvgIpc) is 3.15. The highest BCUT2D eigenvalue weighted by Crippen LogP contribution is 2.34. The van der Waals surface area contributed by atoms with E-state index in [4.69, 9.17) is 28.3 Å². The molecule has 0 saturated heterocycles. The van der Waals surface area contributed by atoms with Crippen LogP contribution in [0.4, 0.5) is 0 Å². The van der Waals surface area contributed by atoms with Crippen molar-refractivity contribution < 1.29 is 14.7 Å². The van der Waals surface area contributed by atoms with Gasteiger partial charge in [0.15, 0.2) is 0 Å². The van der Waals surface area contributed by atoms with E-state index >= 15 is 0 Å². The lowest BCUT2D eigenvalue weighted by Crippen LogP contribution is -2.44. The van der Waals surface area contributed by atoms with Crippen LogP contribution in [0.25, 0.3) is 0 Å². The Hall–Kier alpha value is -3.09. The Bertz CT molecular complexity index is 1140. The molecule has 3 atom stereocenters. The third-order valence-corrected chi connectivity index (χ3v) is 6.02. The Labute approximate surface area is 195 Å². The second-order valence-corrected chi connectivity index (χ2v) is 8.67. The van der Waals surface area contributed by atoms with Gasteiger partial charge in [0.1, 0.15) is 0 Å². The number of carboxylic acid groups (broad SMARTS) is 1. The van der Waals surface area contributed by atoms with Crippen molar-refractivity contribution in [3.63, 3.8) is 0 Å². The number of benzene rings is 2. The van der Waals surface area contributed by atoms with Gasteiger partial charge in [-0.3, -0.25) is 9.80 Å². The molecule has 0 radical (unpaired) electrons. The molecule has 6 nitrogen and oxygen atoms in total. The van der Waals surface area contributed by atoms with Crippen molar-refractivity contribution in [3.8, 4) is 0 Å². The molecule has 1 heterocycles. The second kappa shape index (κ2) is 9.18. The third-order valence-electron chi connectivity index (χ3n) is 5.55. The van der Waals surface area contributed by atoms with Crippen LogP contribution in [0.15, 0.2) is 76.4 Å². The molecule has 0 bridgehead atoms. The average molecular weight is 470 g/mol. The van der Waals surface area contributed by atoms with Crippen molar-refractivity contribution in [3.05, 3.63) is 93.0 Å². The fraction of sp³-hybridized carbons (Fsp3) is 0.208. The van der Waals surface area contributed by atoms with Gasteiger partial charge in [0.25, 0.3) is 0 Å². The number of rotatable bonds is 6. The van der Waals surface area contributed by atoms with Crippen LogP contribution in [-0.2, 0) is 11.3 Å². The molecule has 2 N–H and O–H groups in total. The number of nitrogens with zero attached hydrogens (tertiary/aromatic N) is 2. The molecule has 0 aromatic heterocycles. The van der Waals surface area contributed by atoms with E-state index in [-0.39, 0.29) is 23.6 Å². The number of hydrogen-bond acceptors (Lipinski definition) is 4. The van der Waals surface area contributed by atoms with E-state index in [2.05, 4.69) is 10.4 Å². The van der Waals surface area contributed by atoms with Crippen LogP contribution in [0.5, 0.6) is 0 Å². The first-order valence-electron chi connectivity index (χ1n) is 10.1. The second-order valence-electron chi connectivity index (χ2n) is 7.80. The van der Waals surface area contributed by atoms with Crippen LogP contribution in [0.2, 0.25) is 5.02 Å².